The summed E-state index contributed by atoms with van der Waals surface area (Å²) in [6.07, 6.45) is 6.91. The van der Waals surface area contributed by atoms with Crippen molar-refractivity contribution in [2.24, 2.45) is 23.2 Å². The summed E-state index contributed by atoms with van der Waals surface area (Å²) in [6.45, 7) is 4.76. The maximum Gasteiger partial charge on any atom is 0.115 e. The second-order valence-electron chi connectivity index (χ2n) is 8.18. The molecule has 0 radical (unpaired) electrons. The van der Waals surface area contributed by atoms with Crippen molar-refractivity contribution in [2.45, 2.75) is 64.4 Å². The molecular weight excluding hydrogens is 272 g/mol. The van der Waals surface area contributed by atoms with E-state index in [0.29, 0.717) is 17.1 Å². The van der Waals surface area contributed by atoms with Crippen LogP contribution in [-0.2, 0) is 6.42 Å². The summed E-state index contributed by atoms with van der Waals surface area (Å²) in [5, 5.41) is 20.7. The van der Waals surface area contributed by atoms with Crippen molar-refractivity contribution < 1.29 is 10.2 Å². The van der Waals surface area contributed by atoms with Crippen molar-refractivity contribution >= 4 is 0 Å². The second-order valence-corrected chi connectivity index (χ2v) is 8.18. The highest BCUT2D eigenvalue weighted by Crippen LogP contribution is 2.63. The van der Waals surface area contributed by atoms with Crippen LogP contribution in [0, 0.1) is 23.2 Å². The lowest BCUT2D eigenvalue weighted by molar-refractivity contribution is -0.0555. The summed E-state index contributed by atoms with van der Waals surface area (Å²) in [5.41, 5.74) is 2.90. The summed E-state index contributed by atoms with van der Waals surface area (Å²) >= 11 is 0. The molecule has 0 heterocycles. The number of fused-ring (bicyclic) bond motifs is 5. The summed E-state index contributed by atoms with van der Waals surface area (Å²) in [7, 11) is 0. The smallest absolute Gasteiger partial charge is 0.115 e. The van der Waals surface area contributed by atoms with Crippen LogP contribution in [0.15, 0.2) is 18.2 Å². The van der Waals surface area contributed by atoms with Gasteiger partial charge in [-0.3, -0.25) is 0 Å². The third kappa shape index (κ3) is 1.89. The number of aliphatic hydroxyl groups is 1. The molecule has 2 fully saturated rings. The fraction of sp³-hybridized carbons (Fsp3) is 0.700. The van der Waals surface area contributed by atoms with Crippen LogP contribution in [-0.4, -0.2) is 16.3 Å². The van der Waals surface area contributed by atoms with Gasteiger partial charge in [-0.2, -0.15) is 0 Å². The Balaban J connectivity index is 1.74. The van der Waals surface area contributed by atoms with Gasteiger partial charge in [0.05, 0.1) is 6.10 Å². The molecule has 0 aliphatic heterocycles. The molecule has 3 aliphatic rings. The highest BCUT2D eigenvalue weighted by atomic mass is 16.3. The van der Waals surface area contributed by atoms with Gasteiger partial charge in [-0.05, 0) is 78.5 Å². The van der Waals surface area contributed by atoms with E-state index in [1.807, 2.05) is 6.07 Å². The number of phenols is 1. The molecule has 1 aromatic carbocycles. The molecule has 22 heavy (non-hydrogen) atoms. The van der Waals surface area contributed by atoms with E-state index in [9.17, 15) is 10.2 Å². The second kappa shape index (κ2) is 4.99. The maximum absolute atomic E-state index is 11.0. The lowest BCUT2D eigenvalue weighted by Crippen LogP contribution is -2.48. The minimum absolute atomic E-state index is 0.220. The van der Waals surface area contributed by atoms with Crippen molar-refractivity contribution in [2.75, 3.05) is 0 Å². The standard InChI is InChI=1S/C20H28O2/c1-3-13-5-9-17-16-7-4-12-10-14(21)6-8-15(12)19(16)18(22)11-20(13,17)2/h6,8,10,13,16-19,21-22H,3-5,7,9,11H2,1-2H3/t13-,16-,17-,18-,19+,20+/m0/s1. The lowest BCUT2D eigenvalue weighted by atomic mass is 9.53. The Labute approximate surface area is 133 Å². The van der Waals surface area contributed by atoms with Gasteiger partial charge >= 0.3 is 0 Å². The highest BCUT2D eigenvalue weighted by Gasteiger charge is 2.56. The predicted octanol–water partition coefficient (Wildman–Crippen LogP) is 4.25. The molecule has 0 saturated heterocycles. The highest BCUT2D eigenvalue weighted by molar-refractivity contribution is 5.40. The number of hydrogen-bond donors (Lipinski definition) is 2. The van der Waals surface area contributed by atoms with E-state index in [1.54, 1.807) is 6.07 Å². The van der Waals surface area contributed by atoms with E-state index in [2.05, 4.69) is 19.9 Å². The topological polar surface area (TPSA) is 40.5 Å². The van der Waals surface area contributed by atoms with E-state index < -0.39 is 0 Å². The van der Waals surface area contributed by atoms with Gasteiger partial charge in [0.2, 0.25) is 0 Å². The van der Waals surface area contributed by atoms with Crippen LogP contribution in [0.5, 0.6) is 5.75 Å². The van der Waals surface area contributed by atoms with Crippen molar-refractivity contribution in [3.05, 3.63) is 29.3 Å². The largest absolute Gasteiger partial charge is 0.508 e. The Morgan fingerprint density at radius 2 is 2.05 bits per heavy atom. The third-order valence-electron chi connectivity index (χ3n) is 7.37. The quantitative estimate of drug-likeness (QED) is 0.814. The molecule has 0 amide bonds. The van der Waals surface area contributed by atoms with Crippen molar-refractivity contribution in [3.63, 3.8) is 0 Å². The molecule has 0 spiro atoms. The number of aryl methyl sites for hydroxylation is 1. The summed E-state index contributed by atoms with van der Waals surface area (Å²) in [6, 6.07) is 5.78. The minimum atomic E-state index is -0.220. The van der Waals surface area contributed by atoms with E-state index in [0.717, 1.165) is 24.7 Å². The summed E-state index contributed by atoms with van der Waals surface area (Å²) < 4.78 is 0. The zero-order valence-corrected chi connectivity index (χ0v) is 13.8. The zero-order chi connectivity index (χ0) is 15.5. The molecule has 1 aromatic rings. The molecule has 0 aromatic heterocycles. The van der Waals surface area contributed by atoms with Gasteiger partial charge in [0.1, 0.15) is 5.75 Å². The van der Waals surface area contributed by atoms with Crippen molar-refractivity contribution in [1.29, 1.82) is 0 Å². The van der Waals surface area contributed by atoms with E-state index in [4.69, 9.17) is 0 Å². The van der Waals surface area contributed by atoms with Crippen molar-refractivity contribution in [1.82, 2.24) is 0 Å². The molecule has 6 atom stereocenters. The number of rotatable bonds is 1. The van der Waals surface area contributed by atoms with Gasteiger partial charge in [0.25, 0.3) is 0 Å². The molecule has 2 N–H and O–H groups in total. The predicted molar refractivity (Wildman–Crippen MR) is 87.9 cm³/mol. The molecule has 2 nitrogen and oxygen atoms in total. The van der Waals surface area contributed by atoms with Gasteiger partial charge in [-0.25, -0.2) is 0 Å². The van der Waals surface area contributed by atoms with Crippen LogP contribution >= 0.6 is 0 Å². The van der Waals surface area contributed by atoms with Gasteiger partial charge in [0, 0.05) is 5.92 Å². The number of aromatic hydroxyl groups is 1. The normalized spacial score (nSPS) is 43.3. The van der Waals surface area contributed by atoms with Crippen molar-refractivity contribution in [3.8, 4) is 5.75 Å². The number of phenolic OH excluding ortho intramolecular Hbond substituents is 1. The van der Waals surface area contributed by atoms with Gasteiger partial charge in [0.15, 0.2) is 0 Å². The first-order valence-corrected chi connectivity index (χ1v) is 9.04. The van der Waals surface area contributed by atoms with Gasteiger partial charge in [-0.1, -0.05) is 26.3 Å². The maximum atomic E-state index is 11.0. The Hall–Kier alpha value is -1.02. The number of aliphatic hydroxyl groups excluding tert-OH is 1. The number of hydrogen-bond acceptors (Lipinski definition) is 2. The average molecular weight is 300 g/mol. The van der Waals surface area contributed by atoms with Crippen LogP contribution in [0.3, 0.4) is 0 Å². The fourth-order valence-corrected chi connectivity index (χ4v) is 6.42. The minimum Gasteiger partial charge on any atom is -0.508 e. The first-order chi connectivity index (χ1) is 10.5. The SMILES string of the molecule is CC[C@H]1CC[C@H]2[C@@H]3CCc4cc(O)ccc4[C@H]3[C@@H](O)C[C@]12C. The summed E-state index contributed by atoms with van der Waals surface area (Å²) in [4.78, 5) is 0. The van der Waals surface area contributed by atoms with Crippen LogP contribution in [0.1, 0.15) is 63.0 Å². The molecular formula is C20H28O2. The fourth-order valence-electron chi connectivity index (χ4n) is 6.42. The lowest BCUT2D eigenvalue weighted by Gasteiger charge is -2.53. The summed E-state index contributed by atoms with van der Waals surface area (Å²) in [5.74, 6) is 2.83. The van der Waals surface area contributed by atoms with Crippen LogP contribution in [0.4, 0.5) is 0 Å². The molecule has 120 valence electrons. The van der Waals surface area contributed by atoms with Gasteiger partial charge in [-0.15, -0.1) is 0 Å². The zero-order valence-electron chi connectivity index (χ0n) is 13.8. The third-order valence-corrected chi connectivity index (χ3v) is 7.37. The first kappa shape index (κ1) is 14.6. The Morgan fingerprint density at radius 3 is 2.82 bits per heavy atom. The Bertz CT molecular complexity index is 581. The Morgan fingerprint density at radius 1 is 1.23 bits per heavy atom. The molecule has 2 heteroatoms. The molecule has 0 bridgehead atoms. The van der Waals surface area contributed by atoms with E-state index in [1.165, 1.54) is 36.8 Å². The number of benzene rings is 1. The van der Waals surface area contributed by atoms with Crippen LogP contribution < -0.4 is 0 Å². The average Bonchev–Trinajstić information content (AvgIpc) is 2.82. The molecule has 2 saturated carbocycles. The molecule has 0 unspecified atom stereocenters. The van der Waals surface area contributed by atoms with E-state index >= 15 is 0 Å². The first-order valence-electron chi connectivity index (χ1n) is 9.04. The molecule has 3 aliphatic carbocycles. The van der Waals surface area contributed by atoms with Gasteiger partial charge < -0.3 is 10.2 Å². The molecule has 4 rings (SSSR count). The van der Waals surface area contributed by atoms with Crippen LogP contribution in [0.25, 0.3) is 0 Å². The monoisotopic (exact) mass is 300 g/mol. The van der Waals surface area contributed by atoms with Crippen LogP contribution in [0.2, 0.25) is 0 Å². The Kier molecular flexibility index (Phi) is 3.30. The van der Waals surface area contributed by atoms with E-state index in [-0.39, 0.29) is 12.0 Å².